The molecule has 1 amide bonds. The van der Waals surface area contributed by atoms with Crippen LogP contribution < -0.4 is 11.1 Å². The molecule has 0 unspecified atom stereocenters. The summed E-state index contributed by atoms with van der Waals surface area (Å²) in [6.07, 6.45) is 0. The smallest absolute Gasteiger partial charge is 0.241 e. The maximum atomic E-state index is 12.0. The van der Waals surface area contributed by atoms with Crippen molar-refractivity contribution >= 4 is 24.0 Å². The van der Waals surface area contributed by atoms with Crippen molar-refractivity contribution < 1.29 is 4.79 Å². The van der Waals surface area contributed by atoms with E-state index in [2.05, 4.69) is 25.2 Å². The zero-order valence-corrected chi connectivity index (χ0v) is 13.2. The topological polar surface area (TPSA) is 55.1 Å². The van der Waals surface area contributed by atoms with Crippen LogP contribution in [-0.4, -0.2) is 11.9 Å². The monoisotopic (exact) mass is 284 g/mol. The SMILES string of the molecule is CC(C)c1cccc(NC(=O)[C@@H](N)C(C)(C)C)c1.Cl. The van der Waals surface area contributed by atoms with Crippen LogP contribution in [0.5, 0.6) is 0 Å². The number of hydrogen-bond acceptors (Lipinski definition) is 2. The molecule has 0 aromatic heterocycles. The van der Waals surface area contributed by atoms with E-state index in [4.69, 9.17) is 5.73 Å². The second-order valence-corrected chi connectivity index (χ2v) is 6.11. The van der Waals surface area contributed by atoms with Gasteiger partial charge in [0.05, 0.1) is 6.04 Å². The van der Waals surface area contributed by atoms with E-state index in [1.807, 2.05) is 39.0 Å². The second-order valence-electron chi connectivity index (χ2n) is 6.11. The average molecular weight is 285 g/mol. The molecular formula is C15H25ClN2O. The first-order valence-electron chi connectivity index (χ1n) is 6.38. The first-order chi connectivity index (χ1) is 8.21. The summed E-state index contributed by atoms with van der Waals surface area (Å²) in [5.74, 6) is 0.307. The molecule has 0 saturated heterocycles. The first-order valence-corrected chi connectivity index (χ1v) is 6.38. The summed E-state index contributed by atoms with van der Waals surface area (Å²) in [5, 5.41) is 2.88. The normalized spacial score (nSPS) is 12.8. The molecule has 4 heteroatoms. The number of anilines is 1. The lowest BCUT2D eigenvalue weighted by atomic mass is 9.87. The van der Waals surface area contributed by atoms with Crippen LogP contribution in [-0.2, 0) is 4.79 Å². The molecule has 19 heavy (non-hydrogen) atoms. The van der Waals surface area contributed by atoms with Gasteiger partial charge in [0.1, 0.15) is 0 Å². The molecule has 3 N–H and O–H groups in total. The van der Waals surface area contributed by atoms with E-state index in [-0.39, 0.29) is 23.7 Å². The fourth-order valence-electron chi connectivity index (χ4n) is 1.59. The van der Waals surface area contributed by atoms with Gasteiger partial charge in [-0.1, -0.05) is 46.8 Å². The Morgan fingerprint density at radius 2 is 1.84 bits per heavy atom. The molecule has 108 valence electrons. The molecule has 0 aliphatic heterocycles. The van der Waals surface area contributed by atoms with Crippen molar-refractivity contribution in [3.63, 3.8) is 0 Å². The Morgan fingerprint density at radius 1 is 1.26 bits per heavy atom. The van der Waals surface area contributed by atoms with Gasteiger partial charge in [-0.25, -0.2) is 0 Å². The number of amides is 1. The van der Waals surface area contributed by atoms with Crippen LogP contribution in [0.4, 0.5) is 5.69 Å². The summed E-state index contributed by atoms with van der Waals surface area (Å²) in [6, 6.07) is 7.38. The Hall–Kier alpha value is -1.06. The van der Waals surface area contributed by atoms with Gasteiger partial charge in [-0.2, -0.15) is 0 Å². The molecular weight excluding hydrogens is 260 g/mol. The van der Waals surface area contributed by atoms with Crippen molar-refractivity contribution in [2.24, 2.45) is 11.1 Å². The largest absolute Gasteiger partial charge is 0.325 e. The third kappa shape index (κ3) is 5.21. The molecule has 1 atom stereocenters. The van der Waals surface area contributed by atoms with Crippen molar-refractivity contribution in [1.29, 1.82) is 0 Å². The van der Waals surface area contributed by atoms with Crippen molar-refractivity contribution in [2.75, 3.05) is 5.32 Å². The van der Waals surface area contributed by atoms with Gasteiger partial charge in [0.15, 0.2) is 0 Å². The Labute approximate surface area is 122 Å². The van der Waals surface area contributed by atoms with Gasteiger partial charge >= 0.3 is 0 Å². The molecule has 1 aromatic rings. The molecule has 3 nitrogen and oxygen atoms in total. The molecule has 0 radical (unpaired) electrons. The standard InChI is InChI=1S/C15H24N2O.ClH/c1-10(2)11-7-6-8-12(9-11)17-14(18)13(16)15(3,4)5;/h6-10,13H,16H2,1-5H3,(H,17,18);1H/t13-;/m1./s1. The highest BCUT2D eigenvalue weighted by atomic mass is 35.5. The van der Waals surface area contributed by atoms with E-state index in [0.717, 1.165) is 5.69 Å². The highest BCUT2D eigenvalue weighted by Gasteiger charge is 2.27. The minimum absolute atomic E-state index is 0. The average Bonchev–Trinajstić information content (AvgIpc) is 2.27. The molecule has 0 heterocycles. The Kier molecular flexibility index (Phi) is 6.53. The fourth-order valence-corrected chi connectivity index (χ4v) is 1.59. The number of rotatable bonds is 3. The minimum atomic E-state index is -0.514. The van der Waals surface area contributed by atoms with Crippen molar-refractivity contribution in [3.05, 3.63) is 29.8 Å². The highest BCUT2D eigenvalue weighted by molar-refractivity contribution is 5.95. The summed E-state index contributed by atoms with van der Waals surface area (Å²) in [5.41, 5.74) is 7.71. The number of hydrogen-bond donors (Lipinski definition) is 2. The molecule has 0 aliphatic carbocycles. The lowest BCUT2D eigenvalue weighted by Gasteiger charge is -2.25. The Bertz CT molecular complexity index is 424. The van der Waals surface area contributed by atoms with Crippen molar-refractivity contribution in [1.82, 2.24) is 0 Å². The lowest BCUT2D eigenvalue weighted by Crippen LogP contribution is -2.45. The molecule has 1 aromatic carbocycles. The van der Waals surface area contributed by atoms with E-state index in [0.29, 0.717) is 5.92 Å². The van der Waals surface area contributed by atoms with Gasteiger partial charge in [-0.05, 0) is 29.0 Å². The van der Waals surface area contributed by atoms with Crippen LogP contribution in [0.1, 0.15) is 46.1 Å². The van der Waals surface area contributed by atoms with Crippen LogP contribution >= 0.6 is 12.4 Å². The van der Waals surface area contributed by atoms with Crippen LogP contribution in [0.25, 0.3) is 0 Å². The van der Waals surface area contributed by atoms with E-state index >= 15 is 0 Å². The summed E-state index contributed by atoms with van der Waals surface area (Å²) in [6.45, 7) is 10.1. The van der Waals surface area contributed by atoms with E-state index in [9.17, 15) is 4.79 Å². The van der Waals surface area contributed by atoms with Gasteiger partial charge in [0.2, 0.25) is 5.91 Å². The number of carbonyl (C=O) groups is 1. The Morgan fingerprint density at radius 3 is 2.32 bits per heavy atom. The van der Waals surface area contributed by atoms with Crippen molar-refractivity contribution in [3.8, 4) is 0 Å². The van der Waals surface area contributed by atoms with Gasteiger partial charge in [0.25, 0.3) is 0 Å². The third-order valence-corrected chi connectivity index (χ3v) is 3.04. The maximum Gasteiger partial charge on any atom is 0.241 e. The predicted molar refractivity (Wildman–Crippen MR) is 83.8 cm³/mol. The molecule has 1 rings (SSSR count). The van der Waals surface area contributed by atoms with E-state index < -0.39 is 6.04 Å². The van der Waals surface area contributed by atoms with Gasteiger partial charge in [-0.3, -0.25) is 4.79 Å². The second kappa shape index (κ2) is 6.92. The first kappa shape index (κ1) is 17.9. The highest BCUT2D eigenvalue weighted by Crippen LogP contribution is 2.21. The van der Waals surface area contributed by atoms with Crippen LogP contribution in [0.15, 0.2) is 24.3 Å². The molecule has 0 bridgehead atoms. The maximum absolute atomic E-state index is 12.0. The lowest BCUT2D eigenvalue weighted by molar-refractivity contribution is -0.119. The zero-order chi connectivity index (χ0) is 13.9. The molecule has 0 aliphatic rings. The van der Waals surface area contributed by atoms with E-state index in [1.54, 1.807) is 0 Å². The number of halogens is 1. The molecule has 0 spiro atoms. The Balaban J connectivity index is 0.00000324. The third-order valence-electron chi connectivity index (χ3n) is 3.04. The molecule has 0 saturated carbocycles. The minimum Gasteiger partial charge on any atom is -0.325 e. The number of nitrogens with one attached hydrogen (secondary N) is 1. The zero-order valence-electron chi connectivity index (χ0n) is 12.4. The van der Waals surface area contributed by atoms with Gasteiger partial charge in [0, 0.05) is 5.69 Å². The van der Waals surface area contributed by atoms with Gasteiger partial charge < -0.3 is 11.1 Å². The van der Waals surface area contributed by atoms with Gasteiger partial charge in [-0.15, -0.1) is 12.4 Å². The molecule has 0 fully saturated rings. The van der Waals surface area contributed by atoms with Crippen LogP contribution in [0, 0.1) is 5.41 Å². The quantitative estimate of drug-likeness (QED) is 0.892. The van der Waals surface area contributed by atoms with Crippen LogP contribution in [0.2, 0.25) is 0 Å². The summed E-state index contributed by atoms with van der Waals surface area (Å²) >= 11 is 0. The summed E-state index contributed by atoms with van der Waals surface area (Å²) in [4.78, 5) is 12.0. The number of benzene rings is 1. The van der Waals surface area contributed by atoms with Crippen LogP contribution in [0.3, 0.4) is 0 Å². The summed E-state index contributed by atoms with van der Waals surface area (Å²) in [7, 11) is 0. The number of nitrogens with two attached hydrogens (primary N) is 1. The summed E-state index contributed by atoms with van der Waals surface area (Å²) < 4.78 is 0. The number of carbonyl (C=O) groups excluding carboxylic acids is 1. The fraction of sp³-hybridized carbons (Fsp3) is 0.533. The van der Waals surface area contributed by atoms with E-state index in [1.165, 1.54) is 5.56 Å². The van der Waals surface area contributed by atoms with Crippen molar-refractivity contribution in [2.45, 2.75) is 46.6 Å². The predicted octanol–water partition coefficient (Wildman–Crippen LogP) is 3.54.